The molecule has 1 aliphatic rings. The second-order valence-corrected chi connectivity index (χ2v) is 6.55. The minimum Gasteiger partial charge on any atom is -0.388 e. The lowest BCUT2D eigenvalue weighted by atomic mass is 10.0. The van der Waals surface area contributed by atoms with Gasteiger partial charge in [-0.2, -0.15) is 0 Å². The van der Waals surface area contributed by atoms with Crippen LogP contribution in [0.5, 0.6) is 0 Å². The van der Waals surface area contributed by atoms with Crippen molar-refractivity contribution in [3.63, 3.8) is 0 Å². The molecule has 2 aromatic rings. The smallest absolute Gasteiger partial charge is 0.225 e. The summed E-state index contributed by atoms with van der Waals surface area (Å²) in [6.07, 6.45) is -0.0112. The highest BCUT2D eigenvalue weighted by Gasteiger charge is 2.38. The number of carbonyl (C=O) groups excluding carboxylic acids is 2. The van der Waals surface area contributed by atoms with Gasteiger partial charge in [-0.1, -0.05) is 42.5 Å². The summed E-state index contributed by atoms with van der Waals surface area (Å²) in [4.78, 5) is 25.5. The van der Waals surface area contributed by atoms with Crippen LogP contribution in [0.4, 0.5) is 4.39 Å². The fraction of sp³-hybridized carbons (Fsp3) is 0.333. The lowest BCUT2D eigenvalue weighted by Gasteiger charge is -2.26. The molecular formula is C21H22FNO4. The molecule has 2 aromatic carbocycles. The van der Waals surface area contributed by atoms with Crippen molar-refractivity contribution in [2.24, 2.45) is 0 Å². The predicted molar refractivity (Wildman–Crippen MR) is 97.0 cm³/mol. The predicted octanol–water partition coefficient (Wildman–Crippen LogP) is 3.15. The van der Waals surface area contributed by atoms with Crippen molar-refractivity contribution in [3.8, 4) is 0 Å². The molecule has 1 heterocycles. The summed E-state index contributed by atoms with van der Waals surface area (Å²) in [7, 11) is 0. The maximum absolute atomic E-state index is 13.0. The van der Waals surface area contributed by atoms with E-state index in [1.54, 1.807) is 0 Å². The van der Waals surface area contributed by atoms with Crippen LogP contribution in [-0.4, -0.2) is 35.0 Å². The van der Waals surface area contributed by atoms with Crippen molar-refractivity contribution >= 4 is 12.2 Å². The molecular weight excluding hydrogens is 349 g/mol. The van der Waals surface area contributed by atoms with Crippen molar-refractivity contribution in [3.05, 3.63) is 71.5 Å². The average Bonchev–Trinajstić information content (AvgIpc) is 3.13. The third kappa shape index (κ3) is 4.59. The van der Waals surface area contributed by atoms with E-state index < -0.39 is 12.3 Å². The summed E-state index contributed by atoms with van der Waals surface area (Å²) < 4.78 is 18.4. The molecule has 5 nitrogen and oxygen atoms in total. The number of carbonyl (C=O) groups is 2. The van der Waals surface area contributed by atoms with Gasteiger partial charge in [0.2, 0.25) is 5.91 Å². The quantitative estimate of drug-likeness (QED) is 0.760. The summed E-state index contributed by atoms with van der Waals surface area (Å²) in [6, 6.07) is 14.8. The highest BCUT2D eigenvalue weighted by Crippen LogP contribution is 2.31. The van der Waals surface area contributed by atoms with Crippen LogP contribution in [0.15, 0.2) is 54.6 Å². The van der Waals surface area contributed by atoms with Crippen molar-refractivity contribution in [1.29, 1.82) is 0 Å². The number of hydrogen-bond donors (Lipinski definition) is 1. The van der Waals surface area contributed by atoms with Crippen LogP contribution < -0.4 is 0 Å². The van der Waals surface area contributed by atoms with Gasteiger partial charge in [0.15, 0.2) is 12.5 Å². The molecule has 1 saturated heterocycles. The summed E-state index contributed by atoms with van der Waals surface area (Å²) in [6.45, 7) is 0.275. The number of rotatable bonds is 7. The topological polar surface area (TPSA) is 66.8 Å². The third-order valence-corrected chi connectivity index (χ3v) is 4.75. The summed E-state index contributed by atoms with van der Waals surface area (Å²) in [5.41, 5.74) is 1.53. The van der Waals surface area contributed by atoms with E-state index in [1.807, 2.05) is 30.3 Å². The number of hydrogen-bond acceptors (Lipinski definition) is 4. The minimum atomic E-state index is -0.885. The zero-order valence-corrected chi connectivity index (χ0v) is 14.8. The molecule has 0 radical (unpaired) electrons. The number of aliphatic hydroxyl groups is 1. The second kappa shape index (κ2) is 8.88. The van der Waals surface area contributed by atoms with E-state index >= 15 is 0 Å². The van der Waals surface area contributed by atoms with Gasteiger partial charge in [-0.25, -0.2) is 4.39 Å². The maximum atomic E-state index is 13.0. The number of ether oxygens (including phenoxy) is 1. The molecule has 0 spiro atoms. The molecule has 1 amide bonds. The largest absolute Gasteiger partial charge is 0.388 e. The van der Waals surface area contributed by atoms with E-state index in [9.17, 15) is 19.1 Å². The van der Waals surface area contributed by atoms with Crippen LogP contribution >= 0.6 is 0 Å². The lowest BCUT2D eigenvalue weighted by molar-refractivity contribution is -0.142. The van der Waals surface area contributed by atoms with Crippen molar-refractivity contribution in [1.82, 2.24) is 4.90 Å². The molecule has 0 aromatic heterocycles. The number of halogens is 1. The van der Waals surface area contributed by atoms with Gasteiger partial charge in [0.05, 0.1) is 18.8 Å². The normalized spacial score (nSPS) is 20.4. The molecule has 6 heteroatoms. The van der Waals surface area contributed by atoms with Crippen LogP contribution in [0.1, 0.15) is 42.5 Å². The summed E-state index contributed by atoms with van der Waals surface area (Å²) >= 11 is 0. The molecule has 3 atom stereocenters. The van der Waals surface area contributed by atoms with Gasteiger partial charge in [0.25, 0.3) is 0 Å². The van der Waals surface area contributed by atoms with E-state index in [1.165, 1.54) is 29.2 Å². The number of aldehydes is 1. The SMILES string of the molecule is O=CC1OC[C@H](c2ccccc2)N1C(=O)CCC[C@H](O)c1ccc(F)cc1. The summed E-state index contributed by atoms with van der Waals surface area (Å²) in [5.74, 6) is -0.549. The Bertz CT molecular complexity index is 766. The fourth-order valence-electron chi connectivity index (χ4n) is 3.31. The highest BCUT2D eigenvalue weighted by molar-refractivity contribution is 5.80. The molecule has 1 aliphatic heterocycles. The van der Waals surface area contributed by atoms with E-state index in [-0.39, 0.29) is 30.8 Å². The third-order valence-electron chi connectivity index (χ3n) is 4.75. The Morgan fingerprint density at radius 3 is 2.59 bits per heavy atom. The Kier molecular flexibility index (Phi) is 6.32. The minimum absolute atomic E-state index is 0.190. The first-order chi connectivity index (χ1) is 13.1. The van der Waals surface area contributed by atoms with Crippen LogP contribution in [0.25, 0.3) is 0 Å². The van der Waals surface area contributed by atoms with Crippen molar-refractivity contribution in [2.75, 3.05) is 6.61 Å². The van der Waals surface area contributed by atoms with Crippen molar-refractivity contribution in [2.45, 2.75) is 37.6 Å². The zero-order valence-electron chi connectivity index (χ0n) is 14.8. The molecule has 1 fully saturated rings. The highest BCUT2D eigenvalue weighted by atomic mass is 19.1. The second-order valence-electron chi connectivity index (χ2n) is 6.55. The molecule has 1 N–H and O–H groups in total. The van der Waals surface area contributed by atoms with Crippen LogP contribution in [-0.2, 0) is 14.3 Å². The van der Waals surface area contributed by atoms with E-state index in [0.717, 1.165) is 5.56 Å². The molecule has 142 valence electrons. The van der Waals surface area contributed by atoms with E-state index in [0.29, 0.717) is 24.7 Å². The van der Waals surface area contributed by atoms with Crippen LogP contribution in [0, 0.1) is 5.82 Å². The first kappa shape index (κ1) is 19.2. The molecule has 27 heavy (non-hydrogen) atoms. The number of amides is 1. The first-order valence-corrected chi connectivity index (χ1v) is 8.96. The van der Waals surface area contributed by atoms with Crippen LogP contribution in [0.2, 0.25) is 0 Å². The lowest BCUT2D eigenvalue weighted by Crippen LogP contribution is -2.38. The number of benzene rings is 2. The van der Waals surface area contributed by atoms with Gasteiger partial charge < -0.3 is 14.7 Å². The van der Waals surface area contributed by atoms with Gasteiger partial charge >= 0.3 is 0 Å². The van der Waals surface area contributed by atoms with Crippen LogP contribution in [0.3, 0.4) is 0 Å². The Labute approximate surface area is 157 Å². The van der Waals surface area contributed by atoms with Gasteiger partial charge in [-0.15, -0.1) is 0 Å². The molecule has 0 saturated carbocycles. The van der Waals surface area contributed by atoms with Gasteiger partial charge in [-0.3, -0.25) is 9.59 Å². The number of aliphatic hydroxyl groups excluding tert-OH is 1. The van der Waals surface area contributed by atoms with E-state index in [2.05, 4.69) is 0 Å². The molecule has 0 bridgehead atoms. The maximum Gasteiger partial charge on any atom is 0.225 e. The number of nitrogens with zero attached hydrogens (tertiary/aromatic N) is 1. The van der Waals surface area contributed by atoms with Crippen molar-refractivity contribution < 1.29 is 23.8 Å². The van der Waals surface area contributed by atoms with Gasteiger partial charge in [0.1, 0.15) is 5.82 Å². The van der Waals surface area contributed by atoms with Gasteiger partial charge in [0, 0.05) is 6.42 Å². The fourth-order valence-corrected chi connectivity index (χ4v) is 3.31. The zero-order chi connectivity index (χ0) is 19.2. The average molecular weight is 371 g/mol. The molecule has 1 unspecified atom stereocenters. The Balaban J connectivity index is 1.59. The molecule has 0 aliphatic carbocycles. The Morgan fingerprint density at radius 1 is 1.22 bits per heavy atom. The Morgan fingerprint density at radius 2 is 1.93 bits per heavy atom. The first-order valence-electron chi connectivity index (χ1n) is 8.96. The summed E-state index contributed by atoms with van der Waals surface area (Å²) in [5, 5.41) is 10.2. The monoisotopic (exact) mass is 371 g/mol. The standard InChI is InChI=1S/C21H22FNO4/c22-17-11-9-16(10-12-17)19(25)7-4-8-20(26)23-18(14-27-21(23)13-24)15-5-2-1-3-6-15/h1-3,5-6,9-13,18-19,21,25H,4,7-8,14H2/t18-,19+,21?/m1/s1. The Hall–Kier alpha value is -2.57. The molecule has 3 rings (SSSR count). The van der Waals surface area contributed by atoms with Gasteiger partial charge in [-0.05, 0) is 36.1 Å². The van der Waals surface area contributed by atoms with E-state index in [4.69, 9.17) is 4.74 Å².